The summed E-state index contributed by atoms with van der Waals surface area (Å²) in [4.78, 5) is 45.0. The van der Waals surface area contributed by atoms with E-state index in [-0.39, 0.29) is 0 Å². The molecule has 7 heteroatoms. The summed E-state index contributed by atoms with van der Waals surface area (Å²) in [5, 5.41) is 0. The molecule has 98 valence electrons. The van der Waals surface area contributed by atoms with Crippen LogP contribution in [0.25, 0.3) is 0 Å². The van der Waals surface area contributed by atoms with Crippen molar-refractivity contribution in [3.63, 3.8) is 0 Å². The van der Waals surface area contributed by atoms with Gasteiger partial charge in [-0.3, -0.25) is 19.4 Å². The normalized spacial score (nSPS) is 17.7. The predicted octanol–water partition coefficient (Wildman–Crippen LogP) is 0.450. The number of rotatable bonds is 2. The fourth-order valence-electron chi connectivity index (χ4n) is 1.64. The van der Waals surface area contributed by atoms with E-state index in [1.54, 1.807) is 24.4 Å². The zero-order valence-corrected chi connectivity index (χ0v) is 10.5. The van der Waals surface area contributed by atoms with Gasteiger partial charge in [0.25, 0.3) is 0 Å². The van der Waals surface area contributed by atoms with Gasteiger partial charge in [0, 0.05) is 26.5 Å². The van der Waals surface area contributed by atoms with Gasteiger partial charge < -0.3 is 0 Å². The second-order valence-electron chi connectivity index (χ2n) is 4.02. The Balaban J connectivity index is 2.24. The first-order valence-corrected chi connectivity index (χ1v) is 5.56. The van der Waals surface area contributed by atoms with Gasteiger partial charge in [0.15, 0.2) is 11.7 Å². The van der Waals surface area contributed by atoms with Crippen molar-refractivity contribution in [2.75, 3.05) is 14.1 Å². The van der Waals surface area contributed by atoms with Crippen molar-refractivity contribution in [2.24, 2.45) is 10.9 Å². The molecule has 1 saturated heterocycles. The number of imide groups is 2. The Morgan fingerprint density at radius 2 is 1.79 bits per heavy atom. The number of pyridine rings is 1. The molecule has 0 atom stereocenters. The summed E-state index contributed by atoms with van der Waals surface area (Å²) in [5.74, 6) is -1.87. The lowest BCUT2D eigenvalue weighted by atomic mass is 10.1. The number of carbonyl (C=O) groups is 3. The van der Waals surface area contributed by atoms with E-state index in [2.05, 4.69) is 9.98 Å². The molecule has 7 nitrogen and oxygen atoms in total. The summed E-state index contributed by atoms with van der Waals surface area (Å²) in [6.07, 6.45) is 2.77. The molecule has 4 amide bonds. The number of carbonyl (C=O) groups excluding carboxylic acids is 3. The number of hydrogen-bond acceptors (Lipinski definition) is 5. The van der Waals surface area contributed by atoms with E-state index in [0.717, 1.165) is 9.80 Å². The van der Waals surface area contributed by atoms with E-state index in [0.29, 0.717) is 5.82 Å². The Labute approximate surface area is 109 Å². The summed E-state index contributed by atoms with van der Waals surface area (Å²) in [6, 6.07) is 4.48. The van der Waals surface area contributed by atoms with Crippen LogP contribution < -0.4 is 0 Å². The smallest absolute Gasteiger partial charge is 0.273 e. The molecule has 1 aliphatic heterocycles. The van der Waals surface area contributed by atoms with E-state index in [1.165, 1.54) is 20.3 Å². The van der Waals surface area contributed by atoms with Crippen LogP contribution in [0.1, 0.15) is 0 Å². The molecule has 19 heavy (non-hydrogen) atoms. The monoisotopic (exact) mass is 260 g/mol. The van der Waals surface area contributed by atoms with Gasteiger partial charge >= 0.3 is 6.03 Å². The second-order valence-corrected chi connectivity index (χ2v) is 4.02. The number of aliphatic imine (C=N–C) groups is 1. The molecule has 0 aromatic carbocycles. The number of amides is 4. The van der Waals surface area contributed by atoms with Crippen molar-refractivity contribution in [2.45, 2.75) is 0 Å². The third-order valence-electron chi connectivity index (χ3n) is 2.77. The third kappa shape index (κ3) is 2.35. The van der Waals surface area contributed by atoms with Crippen molar-refractivity contribution < 1.29 is 14.4 Å². The zero-order chi connectivity index (χ0) is 14.0. The Kier molecular flexibility index (Phi) is 3.37. The van der Waals surface area contributed by atoms with Crippen LogP contribution in [0.15, 0.2) is 29.4 Å². The maximum atomic E-state index is 11.9. The van der Waals surface area contributed by atoms with Crippen molar-refractivity contribution in [3.8, 4) is 0 Å². The molecule has 0 unspecified atom stereocenters. The molecule has 0 spiro atoms. The largest absolute Gasteiger partial charge is 0.332 e. The minimum Gasteiger partial charge on any atom is -0.273 e. The van der Waals surface area contributed by atoms with Crippen molar-refractivity contribution in [1.29, 1.82) is 0 Å². The zero-order valence-electron chi connectivity index (χ0n) is 10.5. The summed E-state index contributed by atoms with van der Waals surface area (Å²) >= 11 is 0. The van der Waals surface area contributed by atoms with Gasteiger partial charge in [-0.1, -0.05) is 6.07 Å². The van der Waals surface area contributed by atoms with Gasteiger partial charge in [-0.2, -0.15) is 0 Å². The number of barbiturate groups is 1. The molecule has 0 aliphatic carbocycles. The Bertz CT molecular complexity index is 531. The molecule has 0 bridgehead atoms. The fourth-order valence-corrected chi connectivity index (χ4v) is 1.64. The Morgan fingerprint density at radius 3 is 2.32 bits per heavy atom. The van der Waals surface area contributed by atoms with Crippen LogP contribution in [-0.4, -0.2) is 52.9 Å². The molecule has 2 rings (SSSR count). The van der Waals surface area contributed by atoms with Gasteiger partial charge in [-0.25, -0.2) is 14.8 Å². The van der Waals surface area contributed by atoms with E-state index in [9.17, 15) is 14.4 Å². The second kappa shape index (κ2) is 4.97. The van der Waals surface area contributed by atoms with Crippen LogP contribution in [0.3, 0.4) is 0 Å². The highest BCUT2D eigenvalue weighted by molar-refractivity contribution is 6.23. The lowest BCUT2D eigenvalue weighted by molar-refractivity contribution is -0.144. The van der Waals surface area contributed by atoms with Crippen molar-refractivity contribution >= 4 is 29.9 Å². The van der Waals surface area contributed by atoms with Crippen LogP contribution in [0.4, 0.5) is 10.6 Å². The minimum atomic E-state index is -1.09. The summed E-state index contributed by atoms with van der Waals surface area (Å²) in [6.45, 7) is 0. The highest BCUT2D eigenvalue weighted by Gasteiger charge is 2.41. The highest BCUT2D eigenvalue weighted by atomic mass is 16.2. The van der Waals surface area contributed by atoms with Crippen LogP contribution in [-0.2, 0) is 9.59 Å². The maximum absolute atomic E-state index is 11.9. The topological polar surface area (TPSA) is 82.9 Å². The number of nitrogens with zero attached hydrogens (tertiary/aromatic N) is 4. The molecule has 2 heterocycles. The van der Waals surface area contributed by atoms with Crippen LogP contribution in [0.2, 0.25) is 0 Å². The van der Waals surface area contributed by atoms with E-state index < -0.39 is 23.8 Å². The van der Waals surface area contributed by atoms with E-state index >= 15 is 0 Å². The average Bonchev–Trinajstić information content (AvgIpc) is 2.44. The molecular formula is C12H12N4O3. The molecule has 0 saturated carbocycles. The first-order valence-electron chi connectivity index (χ1n) is 5.56. The molecule has 0 radical (unpaired) electrons. The minimum absolute atomic E-state index is 0.394. The maximum Gasteiger partial charge on any atom is 0.332 e. The Hall–Kier alpha value is -2.57. The van der Waals surface area contributed by atoms with Crippen LogP contribution >= 0.6 is 0 Å². The summed E-state index contributed by atoms with van der Waals surface area (Å²) < 4.78 is 0. The molecule has 1 aromatic rings. The average molecular weight is 260 g/mol. The van der Waals surface area contributed by atoms with Gasteiger partial charge in [-0.05, 0) is 12.1 Å². The van der Waals surface area contributed by atoms with Gasteiger partial charge in [0.1, 0.15) is 0 Å². The predicted molar refractivity (Wildman–Crippen MR) is 66.8 cm³/mol. The molecule has 1 aromatic heterocycles. The lowest BCUT2D eigenvalue weighted by Gasteiger charge is -2.31. The van der Waals surface area contributed by atoms with E-state index in [4.69, 9.17) is 0 Å². The number of hydrogen-bond donors (Lipinski definition) is 0. The quantitative estimate of drug-likeness (QED) is 0.571. The first kappa shape index (κ1) is 12.9. The molecule has 1 aliphatic rings. The van der Waals surface area contributed by atoms with Gasteiger partial charge in [0.05, 0.1) is 0 Å². The Morgan fingerprint density at radius 1 is 1.16 bits per heavy atom. The summed E-state index contributed by atoms with van der Waals surface area (Å²) in [5.41, 5.74) is 0. The van der Waals surface area contributed by atoms with Crippen molar-refractivity contribution in [1.82, 2.24) is 14.8 Å². The van der Waals surface area contributed by atoms with Crippen molar-refractivity contribution in [3.05, 3.63) is 24.4 Å². The molecular weight excluding hydrogens is 248 g/mol. The van der Waals surface area contributed by atoms with E-state index in [1.807, 2.05) is 0 Å². The summed E-state index contributed by atoms with van der Waals surface area (Å²) in [7, 11) is 2.66. The third-order valence-corrected chi connectivity index (χ3v) is 2.77. The molecule has 0 N–H and O–H groups in total. The number of urea groups is 1. The van der Waals surface area contributed by atoms with Crippen LogP contribution in [0, 0.1) is 5.92 Å². The SMILES string of the molecule is CN1C(=O)C(/C=N/c2ccccn2)C(=O)N(C)C1=O. The van der Waals surface area contributed by atoms with Crippen LogP contribution in [0.5, 0.6) is 0 Å². The van der Waals surface area contributed by atoms with Gasteiger partial charge in [0.2, 0.25) is 11.8 Å². The van der Waals surface area contributed by atoms with Gasteiger partial charge in [-0.15, -0.1) is 0 Å². The molecule has 1 fully saturated rings. The highest BCUT2D eigenvalue weighted by Crippen LogP contribution is 2.15. The first-order chi connectivity index (χ1) is 9.02. The number of aromatic nitrogens is 1. The lowest BCUT2D eigenvalue weighted by Crippen LogP contribution is -2.57. The standard InChI is InChI=1S/C12H12N4O3/c1-15-10(17)8(11(18)16(2)12(15)19)7-14-9-5-3-4-6-13-9/h3-8H,1-2H3/b14-7+. The fraction of sp³-hybridized carbons (Fsp3) is 0.250.